The Kier molecular flexibility index (Phi) is 5.50. The molecule has 0 unspecified atom stereocenters. The highest BCUT2D eigenvalue weighted by Crippen LogP contribution is 2.44. The van der Waals surface area contributed by atoms with Crippen LogP contribution < -0.4 is 5.32 Å². The minimum absolute atomic E-state index is 0.0806. The second-order valence-corrected chi connectivity index (χ2v) is 8.53. The Labute approximate surface area is 185 Å². The molecule has 5 rings (SSSR count). The molecule has 1 N–H and O–H groups in total. The van der Waals surface area contributed by atoms with Crippen LogP contribution in [0.2, 0.25) is 0 Å². The SMILES string of the molecule is O=C(NCCC=Cc1nc2ccccc2s1)OCC1c2ccccc2-c2ccccc21. The zero-order valence-corrected chi connectivity index (χ0v) is 17.8. The quantitative estimate of drug-likeness (QED) is 0.371. The molecule has 1 heterocycles. The molecule has 4 nitrogen and oxygen atoms in total. The largest absolute Gasteiger partial charge is 0.449 e. The number of para-hydroxylation sites is 1. The number of nitrogens with one attached hydrogen (secondary N) is 1. The van der Waals surface area contributed by atoms with Gasteiger partial charge in [0.05, 0.1) is 10.2 Å². The highest BCUT2D eigenvalue weighted by Gasteiger charge is 2.28. The molecule has 0 atom stereocenters. The second-order valence-electron chi connectivity index (χ2n) is 7.46. The molecular weight excluding hydrogens is 404 g/mol. The van der Waals surface area contributed by atoms with Crippen molar-refractivity contribution in [3.8, 4) is 11.1 Å². The van der Waals surface area contributed by atoms with Gasteiger partial charge in [0.25, 0.3) is 0 Å². The third kappa shape index (κ3) is 4.09. The fraction of sp³-hybridized carbons (Fsp3) is 0.154. The highest BCUT2D eigenvalue weighted by atomic mass is 32.1. The van der Waals surface area contributed by atoms with Crippen LogP contribution in [-0.4, -0.2) is 24.2 Å². The molecule has 1 aliphatic carbocycles. The monoisotopic (exact) mass is 426 g/mol. The topological polar surface area (TPSA) is 51.2 Å². The van der Waals surface area contributed by atoms with Gasteiger partial charge in [-0.15, -0.1) is 11.3 Å². The Morgan fingerprint density at radius 2 is 1.65 bits per heavy atom. The molecule has 5 heteroatoms. The van der Waals surface area contributed by atoms with E-state index in [9.17, 15) is 4.79 Å². The van der Waals surface area contributed by atoms with Crippen LogP contribution in [0.1, 0.15) is 28.5 Å². The summed E-state index contributed by atoms with van der Waals surface area (Å²) in [7, 11) is 0. The smallest absolute Gasteiger partial charge is 0.407 e. The number of alkyl carbamates (subject to hydrolysis) is 1. The summed E-state index contributed by atoms with van der Waals surface area (Å²) in [5.74, 6) is 0.0806. The zero-order chi connectivity index (χ0) is 21.0. The van der Waals surface area contributed by atoms with Crippen molar-refractivity contribution < 1.29 is 9.53 Å². The van der Waals surface area contributed by atoms with Crippen molar-refractivity contribution in [2.24, 2.45) is 0 Å². The van der Waals surface area contributed by atoms with E-state index in [0.717, 1.165) is 16.9 Å². The Bertz CT molecular complexity index is 1180. The maximum atomic E-state index is 12.2. The maximum Gasteiger partial charge on any atom is 0.407 e. The van der Waals surface area contributed by atoms with Crippen LogP contribution >= 0.6 is 11.3 Å². The van der Waals surface area contributed by atoms with Gasteiger partial charge in [-0.1, -0.05) is 66.7 Å². The lowest BCUT2D eigenvalue weighted by molar-refractivity contribution is 0.143. The first-order valence-electron chi connectivity index (χ1n) is 10.4. The molecule has 0 aliphatic heterocycles. The number of carbonyl (C=O) groups excluding carboxylic acids is 1. The minimum Gasteiger partial charge on any atom is -0.449 e. The molecule has 0 saturated heterocycles. The van der Waals surface area contributed by atoms with Crippen LogP contribution in [0.5, 0.6) is 0 Å². The Hall–Kier alpha value is -3.44. The van der Waals surface area contributed by atoms with Crippen molar-refractivity contribution in [1.29, 1.82) is 0 Å². The predicted molar refractivity (Wildman–Crippen MR) is 126 cm³/mol. The van der Waals surface area contributed by atoms with Crippen molar-refractivity contribution in [2.45, 2.75) is 12.3 Å². The number of carbonyl (C=O) groups is 1. The van der Waals surface area contributed by atoms with Crippen molar-refractivity contribution in [3.63, 3.8) is 0 Å². The zero-order valence-electron chi connectivity index (χ0n) is 17.0. The van der Waals surface area contributed by atoms with Gasteiger partial charge in [-0.05, 0) is 46.9 Å². The summed E-state index contributed by atoms with van der Waals surface area (Å²) in [5, 5.41) is 3.81. The fourth-order valence-electron chi connectivity index (χ4n) is 4.05. The van der Waals surface area contributed by atoms with Gasteiger partial charge in [0.1, 0.15) is 11.6 Å². The van der Waals surface area contributed by atoms with E-state index in [-0.39, 0.29) is 12.0 Å². The Morgan fingerprint density at radius 3 is 2.39 bits per heavy atom. The Balaban J connectivity index is 1.12. The molecule has 0 fully saturated rings. The van der Waals surface area contributed by atoms with Crippen LogP contribution in [0, 0.1) is 0 Å². The van der Waals surface area contributed by atoms with Gasteiger partial charge in [0, 0.05) is 12.5 Å². The van der Waals surface area contributed by atoms with E-state index in [1.807, 2.05) is 54.6 Å². The van der Waals surface area contributed by atoms with Crippen LogP contribution in [-0.2, 0) is 4.74 Å². The average Bonchev–Trinajstić information content (AvgIpc) is 3.36. The first-order chi connectivity index (χ1) is 15.3. The number of thiazole rings is 1. The number of ether oxygens (including phenoxy) is 1. The maximum absolute atomic E-state index is 12.2. The van der Waals surface area contributed by atoms with Gasteiger partial charge < -0.3 is 10.1 Å². The number of nitrogens with zero attached hydrogens (tertiary/aromatic N) is 1. The van der Waals surface area contributed by atoms with E-state index in [1.54, 1.807) is 11.3 Å². The van der Waals surface area contributed by atoms with Gasteiger partial charge in [0.2, 0.25) is 0 Å². The van der Waals surface area contributed by atoms with Crippen molar-refractivity contribution in [2.75, 3.05) is 13.2 Å². The molecule has 154 valence electrons. The molecule has 3 aromatic carbocycles. The predicted octanol–water partition coefficient (Wildman–Crippen LogP) is 6.24. The Morgan fingerprint density at radius 1 is 0.968 bits per heavy atom. The van der Waals surface area contributed by atoms with Gasteiger partial charge >= 0.3 is 6.09 Å². The molecule has 0 bridgehead atoms. The van der Waals surface area contributed by atoms with E-state index in [2.05, 4.69) is 40.6 Å². The van der Waals surface area contributed by atoms with Gasteiger partial charge in [-0.2, -0.15) is 0 Å². The number of hydrogen-bond acceptors (Lipinski definition) is 4. The molecule has 31 heavy (non-hydrogen) atoms. The number of aromatic nitrogens is 1. The number of benzene rings is 3. The summed E-state index contributed by atoms with van der Waals surface area (Å²) < 4.78 is 6.74. The third-order valence-electron chi connectivity index (χ3n) is 5.49. The first kappa shape index (κ1) is 19.5. The fourth-order valence-corrected chi connectivity index (χ4v) is 4.95. The van der Waals surface area contributed by atoms with Crippen molar-refractivity contribution in [3.05, 3.63) is 95.0 Å². The second kappa shape index (κ2) is 8.74. The van der Waals surface area contributed by atoms with Gasteiger partial charge in [0.15, 0.2) is 0 Å². The van der Waals surface area contributed by atoms with Crippen molar-refractivity contribution >= 4 is 33.7 Å². The van der Waals surface area contributed by atoms with E-state index in [4.69, 9.17) is 4.74 Å². The number of hydrogen-bond donors (Lipinski definition) is 1. The molecule has 1 aliphatic rings. The normalized spacial score (nSPS) is 12.8. The van der Waals surface area contributed by atoms with Crippen molar-refractivity contribution in [1.82, 2.24) is 10.3 Å². The number of rotatable bonds is 6. The van der Waals surface area contributed by atoms with E-state index >= 15 is 0 Å². The highest BCUT2D eigenvalue weighted by molar-refractivity contribution is 7.19. The van der Waals surface area contributed by atoms with E-state index in [1.165, 1.54) is 27.0 Å². The molecule has 1 aromatic heterocycles. The summed E-state index contributed by atoms with van der Waals surface area (Å²) in [5.41, 5.74) is 5.91. The molecule has 0 radical (unpaired) electrons. The van der Waals surface area contributed by atoms with Gasteiger partial charge in [-0.25, -0.2) is 9.78 Å². The molecule has 4 aromatic rings. The standard InChI is InChI=1S/C26H22N2O2S/c29-26(27-16-8-7-15-25-28-23-13-5-6-14-24(23)31-25)30-17-22-20-11-3-1-9-18(20)19-10-2-4-12-21(19)22/h1-7,9-15,22H,8,16-17H2,(H,27,29). The number of fused-ring (bicyclic) bond motifs is 4. The van der Waals surface area contributed by atoms with Gasteiger partial charge in [-0.3, -0.25) is 0 Å². The molecule has 0 saturated carbocycles. The van der Waals surface area contributed by atoms with E-state index in [0.29, 0.717) is 13.2 Å². The molecule has 1 amide bonds. The minimum atomic E-state index is -0.379. The summed E-state index contributed by atoms with van der Waals surface area (Å²) in [4.78, 5) is 16.8. The summed E-state index contributed by atoms with van der Waals surface area (Å²) in [6.07, 6.45) is 4.38. The summed E-state index contributed by atoms with van der Waals surface area (Å²) >= 11 is 1.66. The average molecular weight is 427 g/mol. The van der Waals surface area contributed by atoms with Crippen LogP contribution in [0.3, 0.4) is 0 Å². The summed E-state index contributed by atoms with van der Waals surface area (Å²) in [6, 6.07) is 24.8. The molecule has 0 spiro atoms. The van der Waals surface area contributed by atoms with Crippen LogP contribution in [0.15, 0.2) is 78.9 Å². The lowest BCUT2D eigenvalue weighted by atomic mass is 9.98. The molecular formula is C26H22N2O2S. The lowest BCUT2D eigenvalue weighted by Crippen LogP contribution is -2.26. The summed E-state index contributed by atoms with van der Waals surface area (Å²) in [6.45, 7) is 0.861. The van der Waals surface area contributed by atoms with E-state index < -0.39 is 0 Å². The third-order valence-corrected chi connectivity index (χ3v) is 6.50. The lowest BCUT2D eigenvalue weighted by Gasteiger charge is -2.14. The number of amides is 1. The van der Waals surface area contributed by atoms with Crippen LogP contribution in [0.25, 0.3) is 27.4 Å². The van der Waals surface area contributed by atoms with Crippen LogP contribution in [0.4, 0.5) is 4.79 Å². The first-order valence-corrected chi connectivity index (χ1v) is 11.2.